The molecule has 37 heavy (non-hydrogen) atoms. The second-order valence-electron chi connectivity index (χ2n) is 8.34. The fourth-order valence-corrected chi connectivity index (χ4v) is 5.21. The first-order chi connectivity index (χ1) is 17.6. The Morgan fingerprint density at radius 3 is 2.59 bits per heavy atom. The zero-order chi connectivity index (χ0) is 25.1. The van der Waals surface area contributed by atoms with Crippen LogP contribution in [0.4, 0.5) is 21.3 Å². The summed E-state index contributed by atoms with van der Waals surface area (Å²) in [5.74, 6) is 0.122. The molecule has 3 aromatic heterocycles. The second-order valence-corrected chi connectivity index (χ2v) is 9.35. The fraction of sp³-hybridized carbons (Fsp3) is 0.320. The van der Waals surface area contributed by atoms with Crippen LogP contribution in [0.3, 0.4) is 0 Å². The van der Waals surface area contributed by atoms with E-state index in [4.69, 9.17) is 4.98 Å². The fourth-order valence-electron chi connectivity index (χ4n) is 4.08. The van der Waals surface area contributed by atoms with Gasteiger partial charge in [0, 0.05) is 51.0 Å². The van der Waals surface area contributed by atoms with Crippen LogP contribution in [0.2, 0.25) is 0 Å². The standard InChI is InChI=1S/C25H27FN8OS.ClH/c1-3-33(4-2)25-30-19-7-5-16(13-20(19)36-25)22-18(26)15-29-24(32-22)31-21-8-6-17(14-28-21)23(35)34-11-9-27-10-12-34;/h5-8,13-15,27H,3-4,9-12H2,1-2H3,(H,28,29,31,32);1H. The summed E-state index contributed by atoms with van der Waals surface area (Å²) in [6.45, 7) is 8.86. The summed E-state index contributed by atoms with van der Waals surface area (Å²) in [4.78, 5) is 34.1. The van der Waals surface area contributed by atoms with Crippen LogP contribution in [0.25, 0.3) is 21.5 Å². The highest BCUT2D eigenvalue weighted by molar-refractivity contribution is 7.22. The Kier molecular flexibility index (Phi) is 8.47. The Hall–Kier alpha value is -3.41. The minimum atomic E-state index is -0.515. The molecular weight excluding hydrogens is 515 g/mol. The maximum Gasteiger partial charge on any atom is 0.255 e. The molecule has 4 heterocycles. The molecule has 2 N–H and O–H groups in total. The van der Waals surface area contributed by atoms with Crippen molar-refractivity contribution in [2.24, 2.45) is 0 Å². The average Bonchev–Trinajstić information content (AvgIpc) is 3.34. The first kappa shape index (κ1) is 26.6. The van der Waals surface area contributed by atoms with Crippen molar-refractivity contribution in [2.75, 3.05) is 49.5 Å². The number of hydrogen-bond acceptors (Lipinski definition) is 9. The molecule has 0 saturated carbocycles. The van der Waals surface area contributed by atoms with Gasteiger partial charge in [-0.3, -0.25) is 4.79 Å². The number of carbonyl (C=O) groups is 1. The van der Waals surface area contributed by atoms with Crippen LogP contribution >= 0.6 is 23.7 Å². The lowest BCUT2D eigenvalue weighted by Crippen LogP contribution is -2.46. The molecule has 194 valence electrons. The van der Waals surface area contributed by atoms with E-state index in [1.165, 1.54) is 6.20 Å². The van der Waals surface area contributed by atoms with Crippen LogP contribution in [0, 0.1) is 5.82 Å². The number of nitrogens with one attached hydrogen (secondary N) is 2. The van der Waals surface area contributed by atoms with Crippen molar-refractivity contribution >= 4 is 56.8 Å². The molecule has 9 nitrogen and oxygen atoms in total. The quantitative estimate of drug-likeness (QED) is 0.356. The van der Waals surface area contributed by atoms with Crippen LogP contribution in [0.15, 0.2) is 42.7 Å². The molecule has 0 atom stereocenters. The Labute approximate surface area is 224 Å². The summed E-state index contributed by atoms with van der Waals surface area (Å²) in [5, 5.41) is 7.19. The Balaban J connectivity index is 0.00000320. The number of rotatable bonds is 7. The predicted octanol–water partition coefficient (Wildman–Crippen LogP) is 4.34. The van der Waals surface area contributed by atoms with E-state index in [2.05, 4.69) is 44.3 Å². The van der Waals surface area contributed by atoms with Gasteiger partial charge in [0.25, 0.3) is 5.91 Å². The molecule has 0 bridgehead atoms. The van der Waals surface area contributed by atoms with Gasteiger partial charge >= 0.3 is 0 Å². The van der Waals surface area contributed by atoms with Gasteiger partial charge in [-0.25, -0.2) is 24.3 Å². The summed E-state index contributed by atoms with van der Waals surface area (Å²) >= 11 is 1.58. The number of hydrogen-bond donors (Lipinski definition) is 2. The molecule has 1 aliphatic heterocycles. The van der Waals surface area contributed by atoms with Crippen molar-refractivity contribution in [1.82, 2.24) is 30.2 Å². The van der Waals surface area contributed by atoms with Crippen LogP contribution in [0.5, 0.6) is 0 Å². The van der Waals surface area contributed by atoms with Gasteiger partial charge in [0.15, 0.2) is 10.9 Å². The lowest BCUT2D eigenvalue weighted by atomic mass is 10.1. The zero-order valence-corrected chi connectivity index (χ0v) is 22.2. The number of piperazine rings is 1. The van der Waals surface area contributed by atoms with Crippen LogP contribution in [0.1, 0.15) is 24.2 Å². The topological polar surface area (TPSA) is 99.2 Å². The molecule has 0 radical (unpaired) electrons. The highest BCUT2D eigenvalue weighted by Crippen LogP contribution is 2.32. The minimum Gasteiger partial charge on any atom is -0.349 e. The Bertz CT molecular complexity index is 1370. The van der Waals surface area contributed by atoms with Gasteiger partial charge in [0.1, 0.15) is 11.5 Å². The number of nitrogens with zero attached hydrogens (tertiary/aromatic N) is 6. The summed E-state index contributed by atoms with van der Waals surface area (Å²) < 4.78 is 15.7. The van der Waals surface area contributed by atoms with Gasteiger partial charge < -0.3 is 20.4 Å². The monoisotopic (exact) mass is 542 g/mol. The van der Waals surface area contributed by atoms with Gasteiger partial charge in [-0.1, -0.05) is 17.4 Å². The molecule has 12 heteroatoms. The van der Waals surface area contributed by atoms with Crippen molar-refractivity contribution in [3.63, 3.8) is 0 Å². The normalized spacial score (nSPS) is 13.3. The van der Waals surface area contributed by atoms with Gasteiger partial charge in [-0.2, -0.15) is 0 Å². The highest BCUT2D eigenvalue weighted by Gasteiger charge is 2.18. The second kappa shape index (κ2) is 11.8. The number of anilines is 3. The molecule has 1 amide bonds. The summed E-state index contributed by atoms with van der Waals surface area (Å²) in [7, 11) is 0. The smallest absolute Gasteiger partial charge is 0.255 e. The van der Waals surface area contributed by atoms with E-state index in [1.54, 1.807) is 28.4 Å². The van der Waals surface area contributed by atoms with Crippen LogP contribution in [-0.2, 0) is 0 Å². The first-order valence-corrected chi connectivity index (χ1v) is 12.8. The van der Waals surface area contributed by atoms with E-state index >= 15 is 0 Å². The number of fused-ring (bicyclic) bond motifs is 1. The third-order valence-corrected chi connectivity index (χ3v) is 7.16. The molecular formula is C25H28ClFN8OS. The van der Waals surface area contributed by atoms with Gasteiger partial charge in [-0.15, -0.1) is 12.4 Å². The summed E-state index contributed by atoms with van der Waals surface area (Å²) in [6, 6.07) is 9.02. The molecule has 0 aliphatic carbocycles. The lowest BCUT2D eigenvalue weighted by Gasteiger charge is -2.27. The van der Waals surface area contributed by atoms with Crippen LogP contribution < -0.4 is 15.5 Å². The highest BCUT2D eigenvalue weighted by atomic mass is 35.5. The van der Waals surface area contributed by atoms with Crippen LogP contribution in [-0.4, -0.2) is 70.0 Å². The number of aromatic nitrogens is 4. The largest absolute Gasteiger partial charge is 0.349 e. The summed E-state index contributed by atoms with van der Waals surface area (Å²) in [6.07, 6.45) is 2.67. The number of amides is 1. The van der Waals surface area contributed by atoms with E-state index in [1.807, 2.05) is 18.2 Å². The number of thiazole rings is 1. The third-order valence-electron chi connectivity index (χ3n) is 6.08. The van der Waals surface area contributed by atoms with Crippen molar-refractivity contribution in [3.8, 4) is 11.3 Å². The number of benzene rings is 1. The predicted molar refractivity (Wildman–Crippen MR) is 148 cm³/mol. The number of halogens is 2. The first-order valence-electron chi connectivity index (χ1n) is 12.0. The third kappa shape index (κ3) is 5.79. The van der Waals surface area contributed by atoms with Gasteiger partial charge in [0.05, 0.1) is 22.0 Å². The molecule has 1 aliphatic rings. The molecule has 5 rings (SSSR count). The number of carbonyl (C=O) groups excluding carboxylic acids is 1. The molecule has 0 unspecified atom stereocenters. The van der Waals surface area contributed by atoms with E-state index < -0.39 is 5.82 Å². The molecule has 1 aromatic carbocycles. The van der Waals surface area contributed by atoms with E-state index in [0.29, 0.717) is 30.0 Å². The Morgan fingerprint density at radius 2 is 1.89 bits per heavy atom. The summed E-state index contributed by atoms with van der Waals surface area (Å²) in [5.41, 5.74) is 2.23. The minimum absolute atomic E-state index is 0. The zero-order valence-electron chi connectivity index (χ0n) is 20.6. The van der Waals surface area contributed by atoms with Gasteiger partial charge in [0.2, 0.25) is 5.95 Å². The van der Waals surface area contributed by atoms with Gasteiger partial charge in [-0.05, 0) is 38.1 Å². The molecule has 1 fully saturated rings. The van der Waals surface area contributed by atoms with E-state index in [-0.39, 0.29) is 30.0 Å². The van der Waals surface area contributed by atoms with E-state index in [9.17, 15) is 9.18 Å². The van der Waals surface area contributed by atoms with Crippen molar-refractivity contribution in [3.05, 3.63) is 54.1 Å². The van der Waals surface area contributed by atoms with Crippen molar-refractivity contribution in [2.45, 2.75) is 13.8 Å². The lowest BCUT2D eigenvalue weighted by molar-refractivity contribution is 0.0735. The van der Waals surface area contributed by atoms with Crippen molar-refractivity contribution in [1.29, 1.82) is 0 Å². The molecule has 4 aromatic rings. The maximum atomic E-state index is 14.7. The Morgan fingerprint density at radius 1 is 1.11 bits per heavy atom. The average molecular weight is 543 g/mol. The molecule has 0 spiro atoms. The van der Waals surface area contributed by atoms with Crippen molar-refractivity contribution < 1.29 is 9.18 Å². The number of pyridine rings is 1. The molecule has 1 saturated heterocycles. The maximum absolute atomic E-state index is 14.7. The van der Waals surface area contributed by atoms with E-state index in [0.717, 1.165) is 47.7 Å². The SMILES string of the molecule is CCN(CC)c1nc2ccc(-c3nc(Nc4ccc(C(=O)N5CCNCC5)cn4)ncc3F)cc2s1.Cl.